The Morgan fingerprint density at radius 2 is 1.88 bits per heavy atom. The molecule has 1 unspecified atom stereocenters. The Morgan fingerprint density at radius 1 is 1.19 bits per heavy atom. The topological polar surface area (TPSA) is 44.6 Å². The van der Waals surface area contributed by atoms with E-state index in [1.165, 1.54) is 31.2 Å². The molecule has 6 heteroatoms. The summed E-state index contributed by atoms with van der Waals surface area (Å²) < 4.78 is 1.91. The summed E-state index contributed by atoms with van der Waals surface area (Å²) in [5.41, 5.74) is 2.83. The van der Waals surface area contributed by atoms with Crippen LogP contribution < -0.4 is 0 Å². The van der Waals surface area contributed by atoms with E-state index in [-0.39, 0.29) is 6.04 Å². The number of piperidine rings is 1. The molecule has 144 valence electrons. The number of carbonyl (C=O) groups is 1. The van der Waals surface area contributed by atoms with Crippen molar-refractivity contribution in [2.45, 2.75) is 51.6 Å². The van der Waals surface area contributed by atoms with Gasteiger partial charge in [-0.05, 0) is 64.6 Å². The van der Waals surface area contributed by atoms with E-state index in [9.17, 15) is 4.79 Å². The number of aromatic nitrogens is 2. The third-order valence-corrected chi connectivity index (χ3v) is 6.87. The summed E-state index contributed by atoms with van der Waals surface area (Å²) in [5, 5.41) is 4.47. The van der Waals surface area contributed by atoms with Crippen molar-refractivity contribution in [2.24, 2.45) is 12.5 Å². The molecule has 1 aromatic heterocycles. The van der Waals surface area contributed by atoms with Crippen molar-refractivity contribution in [3.63, 3.8) is 0 Å². The molecular weight excluding hydrogens is 326 g/mol. The molecule has 0 aromatic carbocycles. The fourth-order valence-electron chi connectivity index (χ4n) is 5.29. The quantitative estimate of drug-likeness (QED) is 0.823. The van der Waals surface area contributed by atoms with Crippen LogP contribution in [0.3, 0.4) is 0 Å². The minimum Gasteiger partial charge on any atom is -0.341 e. The Hall–Kier alpha value is -1.40. The molecule has 1 aromatic rings. The van der Waals surface area contributed by atoms with E-state index in [0.717, 1.165) is 51.4 Å². The molecule has 1 atom stereocenters. The van der Waals surface area contributed by atoms with E-state index < -0.39 is 0 Å². The van der Waals surface area contributed by atoms with Gasteiger partial charge < -0.3 is 4.90 Å². The van der Waals surface area contributed by atoms with Gasteiger partial charge in [-0.2, -0.15) is 5.10 Å². The number of aryl methyl sites for hydroxylation is 2. The molecule has 3 aliphatic heterocycles. The van der Waals surface area contributed by atoms with Crippen LogP contribution >= 0.6 is 0 Å². The number of rotatable bonds is 3. The number of likely N-dealkylation sites (tertiary alicyclic amines) is 3. The lowest BCUT2D eigenvalue weighted by molar-refractivity contribution is -0.134. The lowest BCUT2D eigenvalue weighted by Crippen LogP contribution is -2.42. The van der Waals surface area contributed by atoms with E-state index in [1.807, 2.05) is 11.7 Å². The summed E-state index contributed by atoms with van der Waals surface area (Å²) in [6, 6.07) is 0.111. The van der Waals surface area contributed by atoms with E-state index in [1.54, 1.807) is 0 Å². The minimum atomic E-state index is 0.111. The zero-order chi connectivity index (χ0) is 18.3. The number of hydrogen-bond donors (Lipinski definition) is 0. The van der Waals surface area contributed by atoms with Crippen LogP contribution in [0.2, 0.25) is 0 Å². The summed E-state index contributed by atoms with van der Waals surface area (Å²) >= 11 is 0. The largest absolute Gasteiger partial charge is 0.341 e. The molecule has 1 amide bonds. The Bertz CT molecular complexity index is 655. The molecule has 26 heavy (non-hydrogen) atoms. The van der Waals surface area contributed by atoms with Gasteiger partial charge in [0.25, 0.3) is 0 Å². The molecule has 0 saturated carbocycles. The van der Waals surface area contributed by atoms with E-state index in [2.05, 4.69) is 40.0 Å². The molecule has 0 N–H and O–H groups in total. The van der Waals surface area contributed by atoms with E-state index >= 15 is 0 Å². The van der Waals surface area contributed by atoms with Crippen LogP contribution in [0.25, 0.3) is 0 Å². The second kappa shape index (κ2) is 6.97. The van der Waals surface area contributed by atoms with Crippen LogP contribution in [0.5, 0.6) is 0 Å². The summed E-state index contributed by atoms with van der Waals surface area (Å²) in [5.74, 6) is 0.385. The zero-order valence-electron chi connectivity index (χ0n) is 16.6. The summed E-state index contributed by atoms with van der Waals surface area (Å²) in [7, 11) is 4.15. The van der Waals surface area contributed by atoms with Crippen molar-refractivity contribution >= 4 is 5.91 Å². The van der Waals surface area contributed by atoms with Crippen molar-refractivity contribution in [2.75, 3.05) is 39.8 Å². The first-order valence-electron chi connectivity index (χ1n) is 10.2. The van der Waals surface area contributed by atoms with Crippen LogP contribution in [0.15, 0.2) is 6.20 Å². The smallest absolute Gasteiger partial charge is 0.239 e. The third-order valence-electron chi connectivity index (χ3n) is 6.87. The van der Waals surface area contributed by atoms with E-state index in [4.69, 9.17) is 0 Å². The lowest BCUT2D eigenvalue weighted by Gasteiger charge is -2.39. The third kappa shape index (κ3) is 3.41. The first-order chi connectivity index (χ1) is 12.5. The van der Waals surface area contributed by atoms with Crippen molar-refractivity contribution in [1.82, 2.24) is 24.5 Å². The standard InChI is InChI=1S/C20H33N5O/c1-16-17(13-23(3)21-16)14-24-10-6-20(7-11-24)12-18(22(2)15-20)19(26)25-8-4-5-9-25/h13,18H,4-12,14-15H2,1-3H3. The Balaban J connectivity index is 1.35. The number of hydrogen-bond acceptors (Lipinski definition) is 4. The Kier molecular flexibility index (Phi) is 4.82. The van der Waals surface area contributed by atoms with Gasteiger partial charge in [0.05, 0.1) is 11.7 Å². The number of amides is 1. The first-order valence-corrected chi connectivity index (χ1v) is 10.2. The van der Waals surface area contributed by atoms with Crippen molar-refractivity contribution in [1.29, 1.82) is 0 Å². The zero-order valence-corrected chi connectivity index (χ0v) is 16.6. The molecule has 6 nitrogen and oxygen atoms in total. The molecule has 4 heterocycles. The monoisotopic (exact) mass is 359 g/mol. The van der Waals surface area contributed by atoms with Crippen LogP contribution in [-0.4, -0.2) is 76.2 Å². The highest BCUT2D eigenvalue weighted by Gasteiger charge is 2.47. The van der Waals surface area contributed by atoms with E-state index in [0.29, 0.717) is 11.3 Å². The van der Waals surface area contributed by atoms with Gasteiger partial charge in [0.15, 0.2) is 0 Å². The van der Waals surface area contributed by atoms with Crippen molar-refractivity contribution < 1.29 is 4.79 Å². The highest BCUT2D eigenvalue weighted by atomic mass is 16.2. The lowest BCUT2D eigenvalue weighted by atomic mass is 9.76. The van der Waals surface area contributed by atoms with Gasteiger partial charge in [-0.25, -0.2) is 0 Å². The fourth-order valence-corrected chi connectivity index (χ4v) is 5.29. The molecule has 3 aliphatic rings. The van der Waals surface area contributed by atoms with Gasteiger partial charge >= 0.3 is 0 Å². The summed E-state index contributed by atoms with van der Waals surface area (Å²) in [4.78, 5) is 19.9. The molecule has 3 saturated heterocycles. The SMILES string of the molecule is Cc1nn(C)cc1CN1CCC2(CC1)CC(C(=O)N1CCCC1)N(C)C2. The minimum absolute atomic E-state index is 0.111. The van der Waals surface area contributed by atoms with Crippen LogP contribution in [0, 0.1) is 12.3 Å². The average Bonchev–Trinajstić information content (AvgIpc) is 3.31. The van der Waals surface area contributed by atoms with Crippen LogP contribution in [0.1, 0.15) is 43.4 Å². The fraction of sp³-hybridized carbons (Fsp3) is 0.800. The maximum Gasteiger partial charge on any atom is 0.239 e. The van der Waals surface area contributed by atoms with Gasteiger partial charge in [-0.3, -0.25) is 19.3 Å². The number of nitrogens with zero attached hydrogens (tertiary/aromatic N) is 5. The molecule has 3 fully saturated rings. The maximum absolute atomic E-state index is 12.9. The number of carbonyl (C=O) groups excluding carboxylic acids is 1. The van der Waals surface area contributed by atoms with Gasteiger partial charge in [-0.15, -0.1) is 0 Å². The van der Waals surface area contributed by atoms with Crippen molar-refractivity contribution in [3.8, 4) is 0 Å². The van der Waals surface area contributed by atoms with Crippen LogP contribution in [-0.2, 0) is 18.4 Å². The average molecular weight is 360 g/mol. The van der Waals surface area contributed by atoms with Gasteiger partial charge in [0.1, 0.15) is 0 Å². The van der Waals surface area contributed by atoms with Gasteiger partial charge in [-0.1, -0.05) is 0 Å². The second-order valence-electron chi connectivity index (χ2n) is 8.86. The van der Waals surface area contributed by atoms with Gasteiger partial charge in [0, 0.05) is 45.0 Å². The Morgan fingerprint density at radius 3 is 2.50 bits per heavy atom. The highest BCUT2D eigenvalue weighted by Crippen LogP contribution is 2.43. The molecule has 4 rings (SSSR count). The predicted molar refractivity (Wildman–Crippen MR) is 102 cm³/mol. The number of likely N-dealkylation sites (N-methyl/N-ethyl adjacent to an activating group) is 1. The first kappa shape index (κ1) is 18.0. The second-order valence-corrected chi connectivity index (χ2v) is 8.86. The Labute approximate surface area is 157 Å². The van der Waals surface area contributed by atoms with Gasteiger partial charge in [0.2, 0.25) is 5.91 Å². The molecule has 1 spiro atoms. The molecule has 0 radical (unpaired) electrons. The summed E-state index contributed by atoms with van der Waals surface area (Å²) in [6.45, 7) is 8.38. The van der Waals surface area contributed by atoms with Crippen molar-refractivity contribution in [3.05, 3.63) is 17.5 Å². The predicted octanol–water partition coefficient (Wildman–Crippen LogP) is 1.64. The summed E-state index contributed by atoms with van der Waals surface area (Å²) in [6.07, 6.45) is 7.97. The highest BCUT2D eigenvalue weighted by molar-refractivity contribution is 5.82. The molecule has 0 bridgehead atoms. The van der Waals surface area contributed by atoms with Crippen LogP contribution in [0.4, 0.5) is 0 Å². The molecule has 0 aliphatic carbocycles. The normalized spacial score (nSPS) is 26.9. The maximum atomic E-state index is 12.9. The molecular formula is C20H33N5O.